The Morgan fingerprint density at radius 2 is 2.22 bits per heavy atom. The number of nitrogens with zero attached hydrogens (tertiary/aromatic N) is 1. The molecule has 0 saturated heterocycles. The molecule has 0 heterocycles. The van der Waals surface area contributed by atoms with Gasteiger partial charge in [0.25, 0.3) is 5.91 Å². The first-order valence-corrected chi connectivity index (χ1v) is 6.79. The van der Waals surface area contributed by atoms with Gasteiger partial charge in [-0.05, 0) is 53.4 Å². The van der Waals surface area contributed by atoms with E-state index in [2.05, 4.69) is 15.9 Å². The molecule has 1 aliphatic carbocycles. The van der Waals surface area contributed by atoms with Crippen molar-refractivity contribution in [2.24, 2.45) is 0 Å². The van der Waals surface area contributed by atoms with E-state index in [0.29, 0.717) is 16.6 Å². The van der Waals surface area contributed by atoms with Crippen molar-refractivity contribution >= 4 is 21.8 Å². The molecule has 2 rings (SSSR count). The van der Waals surface area contributed by atoms with Crippen LogP contribution in [0.2, 0.25) is 0 Å². The van der Waals surface area contributed by atoms with Gasteiger partial charge in [-0.15, -0.1) is 0 Å². The van der Waals surface area contributed by atoms with Crippen LogP contribution in [0.15, 0.2) is 22.7 Å². The topological polar surface area (TPSA) is 40.5 Å². The standard InChI is InChI=1S/C13H15BrFNO2/c14-12-5-4-9(15)8-11(12)13(18)16(6-7-17)10-2-1-3-10/h4-5,8,10,17H,1-3,6-7H2. The third kappa shape index (κ3) is 2.72. The molecule has 1 N–H and O–H groups in total. The molecule has 0 aromatic heterocycles. The summed E-state index contributed by atoms with van der Waals surface area (Å²) in [5, 5.41) is 9.05. The molecule has 1 saturated carbocycles. The molecule has 0 aliphatic heterocycles. The van der Waals surface area contributed by atoms with E-state index in [0.717, 1.165) is 19.3 Å². The number of aliphatic hydroxyl groups excluding tert-OH is 1. The van der Waals surface area contributed by atoms with Crippen LogP contribution in [-0.4, -0.2) is 35.1 Å². The van der Waals surface area contributed by atoms with Crippen LogP contribution in [-0.2, 0) is 0 Å². The van der Waals surface area contributed by atoms with E-state index in [9.17, 15) is 9.18 Å². The van der Waals surface area contributed by atoms with E-state index in [1.165, 1.54) is 18.2 Å². The first-order chi connectivity index (χ1) is 8.63. The van der Waals surface area contributed by atoms with Crippen molar-refractivity contribution in [3.63, 3.8) is 0 Å². The van der Waals surface area contributed by atoms with Crippen molar-refractivity contribution in [1.82, 2.24) is 4.90 Å². The highest BCUT2D eigenvalue weighted by Gasteiger charge is 2.29. The third-order valence-corrected chi connectivity index (χ3v) is 3.97. The number of benzene rings is 1. The minimum absolute atomic E-state index is 0.0742. The Kier molecular flexibility index (Phi) is 4.35. The number of carbonyl (C=O) groups is 1. The Hall–Kier alpha value is -0.940. The van der Waals surface area contributed by atoms with Gasteiger partial charge in [0.15, 0.2) is 0 Å². The minimum Gasteiger partial charge on any atom is -0.395 e. The molecule has 0 radical (unpaired) electrons. The van der Waals surface area contributed by atoms with E-state index in [-0.39, 0.29) is 18.6 Å². The Bertz CT molecular complexity index is 449. The average Bonchev–Trinajstić information content (AvgIpc) is 2.28. The fraction of sp³-hybridized carbons (Fsp3) is 0.462. The lowest BCUT2D eigenvalue weighted by Gasteiger charge is -2.37. The monoisotopic (exact) mass is 315 g/mol. The number of carbonyl (C=O) groups excluding carboxylic acids is 1. The Labute approximate surface area is 114 Å². The van der Waals surface area contributed by atoms with Gasteiger partial charge in [0, 0.05) is 17.1 Å². The minimum atomic E-state index is -0.431. The highest BCUT2D eigenvalue weighted by molar-refractivity contribution is 9.10. The zero-order valence-electron chi connectivity index (χ0n) is 9.90. The van der Waals surface area contributed by atoms with Gasteiger partial charge in [-0.25, -0.2) is 4.39 Å². The van der Waals surface area contributed by atoms with Gasteiger partial charge in [-0.3, -0.25) is 4.79 Å². The van der Waals surface area contributed by atoms with Crippen LogP contribution in [0, 0.1) is 5.82 Å². The van der Waals surface area contributed by atoms with Crippen molar-refractivity contribution in [2.75, 3.05) is 13.2 Å². The molecule has 5 heteroatoms. The van der Waals surface area contributed by atoms with Crippen LogP contribution >= 0.6 is 15.9 Å². The summed E-state index contributed by atoms with van der Waals surface area (Å²) < 4.78 is 13.8. The second-order valence-electron chi connectivity index (χ2n) is 4.43. The van der Waals surface area contributed by atoms with E-state index < -0.39 is 5.82 Å². The number of hydrogen-bond donors (Lipinski definition) is 1. The molecule has 1 amide bonds. The van der Waals surface area contributed by atoms with Crippen molar-refractivity contribution in [3.8, 4) is 0 Å². The Balaban J connectivity index is 2.23. The van der Waals surface area contributed by atoms with Gasteiger partial charge in [-0.1, -0.05) is 0 Å². The van der Waals surface area contributed by atoms with E-state index in [4.69, 9.17) is 5.11 Å². The maximum Gasteiger partial charge on any atom is 0.255 e. The molecule has 1 fully saturated rings. The number of hydrogen-bond acceptors (Lipinski definition) is 2. The van der Waals surface area contributed by atoms with Gasteiger partial charge >= 0.3 is 0 Å². The van der Waals surface area contributed by atoms with Gasteiger partial charge < -0.3 is 10.0 Å². The maximum atomic E-state index is 13.2. The zero-order chi connectivity index (χ0) is 13.1. The molecule has 1 aromatic rings. The van der Waals surface area contributed by atoms with E-state index in [1.54, 1.807) is 4.90 Å². The highest BCUT2D eigenvalue weighted by atomic mass is 79.9. The molecular weight excluding hydrogens is 301 g/mol. The third-order valence-electron chi connectivity index (χ3n) is 3.28. The number of rotatable bonds is 4. The molecule has 3 nitrogen and oxygen atoms in total. The predicted molar refractivity (Wildman–Crippen MR) is 69.9 cm³/mol. The van der Waals surface area contributed by atoms with Crippen molar-refractivity contribution in [3.05, 3.63) is 34.1 Å². The molecule has 1 aliphatic rings. The second kappa shape index (κ2) is 5.80. The summed E-state index contributed by atoms with van der Waals surface area (Å²) in [6.07, 6.45) is 3.02. The van der Waals surface area contributed by atoms with Crippen LogP contribution < -0.4 is 0 Å². The van der Waals surface area contributed by atoms with Gasteiger partial charge in [0.05, 0.1) is 12.2 Å². The molecule has 1 aromatic carbocycles. The maximum absolute atomic E-state index is 13.2. The SMILES string of the molecule is O=C(c1cc(F)ccc1Br)N(CCO)C1CCC1. The molecule has 0 spiro atoms. The number of aliphatic hydroxyl groups is 1. The van der Waals surface area contributed by atoms with Crippen LogP contribution in [0.25, 0.3) is 0 Å². The summed E-state index contributed by atoms with van der Waals surface area (Å²) in [7, 11) is 0. The summed E-state index contributed by atoms with van der Waals surface area (Å²) in [6, 6.07) is 4.25. The van der Waals surface area contributed by atoms with Crippen molar-refractivity contribution < 1.29 is 14.3 Å². The summed E-state index contributed by atoms with van der Waals surface area (Å²) >= 11 is 3.26. The van der Waals surface area contributed by atoms with Gasteiger partial charge in [-0.2, -0.15) is 0 Å². The summed E-state index contributed by atoms with van der Waals surface area (Å²) in [5.74, 6) is -0.653. The second-order valence-corrected chi connectivity index (χ2v) is 5.29. The first kappa shape index (κ1) is 13.5. The van der Waals surface area contributed by atoms with Crippen molar-refractivity contribution in [1.29, 1.82) is 0 Å². The van der Waals surface area contributed by atoms with E-state index >= 15 is 0 Å². The van der Waals surface area contributed by atoms with Crippen molar-refractivity contribution in [2.45, 2.75) is 25.3 Å². The largest absolute Gasteiger partial charge is 0.395 e. The van der Waals surface area contributed by atoms with Crippen LogP contribution in [0.3, 0.4) is 0 Å². The number of halogens is 2. The van der Waals surface area contributed by atoms with Crippen LogP contribution in [0.5, 0.6) is 0 Å². The lowest BCUT2D eigenvalue weighted by molar-refractivity contribution is 0.0524. The quantitative estimate of drug-likeness (QED) is 0.927. The summed E-state index contributed by atoms with van der Waals surface area (Å²) in [6.45, 7) is 0.224. The smallest absolute Gasteiger partial charge is 0.255 e. The Morgan fingerprint density at radius 1 is 1.50 bits per heavy atom. The summed E-state index contributed by atoms with van der Waals surface area (Å²) in [5.41, 5.74) is 0.315. The van der Waals surface area contributed by atoms with Gasteiger partial charge in [0.1, 0.15) is 5.82 Å². The summed E-state index contributed by atoms with van der Waals surface area (Å²) in [4.78, 5) is 14.0. The van der Waals surface area contributed by atoms with Crippen LogP contribution in [0.1, 0.15) is 29.6 Å². The average molecular weight is 316 g/mol. The molecule has 18 heavy (non-hydrogen) atoms. The van der Waals surface area contributed by atoms with Gasteiger partial charge in [0.2, 0.25) is 0 Å². The molecular formula is C13H15BrFNO2. The Morgan fingerprint density at radius 3 is 2.78 bits per heavy atom. The highest BCUT2D eigenvalue weighted by Crippen LogP contribution is 2.28. The molecule has 0 unspecified atom stereocenters. The number of amides is 1. The molecule has 98 valence electrons. The first-order valence-electron chi connectivity index (χ1n) is 6.00. The zero-order valence-corrected chi connectivity index (χ0v) is 11.5. The lowest BCUT2D eigenvalue weighted by Crippen LogP contribution is -2.45. The molecule has 0 bridgehead atoms. The van der Waals surface area contributed by atoms with E-state index in [1.807, 2.05) is 0 Å². The fourth-order valence-electron chi connectivity index (χ4n) is 2.07. The van der Waals surface area contributed by atoms with Crippen LogP contribution in [0.4, 0.5) is 4.39 Å². The predicted octanol–water partition coefficient (Wildman–Crippen LogP) is 2.58. The fourth-order valence-corrected chi connectivity index (χ4v) is 2.49. The normalized spacial score (nSPS) is 15.3. The lowest BCUT2D eigenvalue weighted by atomic mass is 9.91. The molecule has 0 atom stereocenters.